The van der Waals surface area contributed by atoms with Gasteiger partial charge < -0.3 is 4.55 Å². The molecular weight excluding hydrogens is 416 g/mol. The molecule has 0 saturated carbocycles. The largest absolute Gasteiger partial charge is 0.598 e. The van der Waals surface area contributed by atoms with Crippen LogP contribution in [0.4, 0.5) is 0 Å². The number of hydrogen-bond donors (Lipinski definition) is 1. The van der Waals surface area contributed by atoms with Crippen LogP contribution in [0.1, 0.15) is 56.5 Å². The summed E-state index contributed by atoms with van der Waals surface area (Å²) >= 11 is -1.24. The van der Waals surface area contributed by atoms with Crippen LogP contribution >= 0.6 is 0 Å². The molecule has 0 fully saturated rings. The number of fused-ring (bicyclic) bond motifs is 3. The molecule has 1 heterocycles. The van der Waals surface area contributed by atoms with Crippen molar-refractivity contribution in [1.82, 2.24) is 8.69 Å². The molecule has 1 aliphatic carbocycles. The molecule has 160 valence electrons. The van der Waals surface area contributed by atoms with Crippen molar-refractivity contribution in [1.29, 1.82) is 0 Å². The average Bonchev–Trinajstić information content (AvgIpc) is 3.03. The Morgan fingerprint density at radius 3 is 2.43 bits per heavy atom. The SMILES string of the molecule is Cc1ccc(S(=O)(=O)n2c3c(c4ccccc42)[C@@H](N[S@@+]([O-])C(C)(C)C)CCC3)cc1. The highest BCUT2D eigenvalue weighted by Gasteiger charge is 2.36. The number of para-hydroxylation sites is 1. The molecule has 30 heavy (non-hydrogen) atoms. The van der Waals surface area contributed by atoms with Crippen LogP contribution < -0.4 is 4.72 Å². The molecule has 0 amide bonds. The number of rotatable bonds is 4. The fourth-order valence-corrected chi connectivity index (χ4v) is 6.48. The molecule has 0 saturated heterocycles. The maximum atomic E-state index is 13.7. The molecule has 1 aliphatic rings. The molecule has 1 N–H and O–H groups in total. The van der Waals surface area contributed by atoms with Gasteiger partial charge in [-0.25, -0.2) is 12.4 Å². The first kappa shape index (κ1) is 21.4. The van der Waals surface area contributed by atoms with Crippen LogP contribution in [-0.2, 0) is 27.8 Å². The molecule has 0 bridgehead atoms. The zero-order chi connectivity index (χ0) is 21.7. The standard InChI is InChI=1S/C23H28N2O3S2/c1-16-12-14-17(15-13-16)30(27,28)25-20-10-6-5-8-18(20)22-19(9-7-11-21(22)25)24-29(26)23(2,3)4/h5-6,8,10,12-15,19,24H,7,9,11H2,1-4H3/t19-,29-/m0/s1. The van der Waals surface area contributed by atoms with E-state index in [0.717, 1.165) is 35.0 Å². The van der Waals surface area contributed by atoms with Gasteiger partial charge in [-0.2, -0.15) is 0 Å². The fourth-order valence-electron chi connectivity index (χ4n) is 4.05. The molecular formula is C23H28N2O3S2. The van der Waals surface area contributed by atoms with E-state index in [9.17, 15) is 13.0 Å². The van der Waals surface area contributed by atoms with E-state index in [2.05, 4.69) is 4.72 Å². The lowest BCUT2D eigenvalue weighted by atomic mass is 9.91. The minimum absolute atomic E-state index is 0.145. The van der Waals surface area contributed by atoms with Crippen molar-refractivity contribution in [2.24, 2.45) is 0 Å². The summed E-state index contributed by atoms with van der Waals surface area (Å²) in [6.07, 6.45) is 2.34. The van der Waals surface area contributed by atoms with Gasteiger partial charge in [-0.15, -0.1) is 4.72 Å². The lowest BCUT2D eigenvalue weighted by Crippen LogP contribution is -2.42. The Balaban J connectivity index is 1.91. The van der Waals surface area contributed by atoms with Gasteiger partial charge in [0.15, 0.2) is 0 Å². The second-order valence-electron chi connectivity index (χ2n) is 8.90. The van der Waals surface area contributed by atoms with Crippen molar-refractivity contribution < 1.29 is 13.0 Å². The van der Waals surface area contributed by atoms with Crippen molar-refractivity contribution >= 4 is 32.3 Å². The third-order valence-corrected chi connectivity index (χ3v) is 8.97. The minimum atomic E-state index is -3.75. The molecule has 7 heteroatoms. The second kappa shape index (κ2) is 7.71. The molecule has 2 atom stereocenters. The van der Waals surface area contributed by atoms with Gasteiger partial charge in [0.1, 0.15) is 4.75 Å². The van der Waals surface area contributed by atoms with E-state index >= 15 is 0 Å². The van der Waals surface area contributed by atoms with E-state index in [0.29, 0.717) is 11.9 Å². The van der Waals surface area contributed by atoms with Crippen molar-refractivity contribution in [2.45, 2.75) is 62.6 Å². The first-order valence-corrected chi connectivity index (χ1v) is 12.8. The summed E-state index contributed by atoms with van der Waals surface area (Å²) in [6, 6.07) is 14.4. The molecule has 3 aromatic rings. The van der Waals surface area contributed by atoms with Crippen LogP contribution in [0.5, 0.6) is 0 Å². The first-order chi connectivity index (χ1) is 14.1. The predicted octanol–water partition coefficient (Wildman–Crippen LogP) is 4.62. The Labute approximate surface area is 181 Å². The highest BCUT2D eigenvalue weighted by Crippen LogP contribution is 2.40. The summed E-state index contributed by atoms with van der Waals surface area (Å²) in [5.74, 6) is 0. The summed E-state index contributed by atoms with van der Waals surface area (Å²) in [6.45, 7) is 7.75. The van der Waals surface area contributed by atoms with Gasteiger partial charge in [-0.05, 0) is 65.2 Å². The van der Waals surface area contributed by atoms with Crippen molar-refractivity contribution in [3.63, 3.8) is 0 Å². The number of aryl methyl sites for hydroxylation is 1. The zero-order valence-corrected chi connectivity index (χ0v) is 19.4. The number of nitrogens with one attached hydrogen (secondary N) is 1. The zero-order valence-electron chi connectivity index (χ0n) is 17.8. The normalized spacial score (nSPS) is 18.4. The summed E-state index contributed by atoms with van der Waals surface area (Å²) in [4.78, 5) is 0.282. The van der Waals surface area contributed by atoms with Crippen molar-refractivity contribution in [2.75, 3.05) is 0 Å². The number of hydrogen-bond acceptors (Lipinski definition) is 4. The van der Waals surface area contributed by atoms with E-state index in [1.54, 1.807) is 12.1 Å². The first-order valence-electron chi connectivity index (χ1n) is 10.2. The smallest absolute Gasteiger partial charge is 0.268 e. The second-order valence-corrected chi connectivity index (χ2v) is 12.7. The third kappa shape index (κ3) is 3.68. The lowest BCUT2D eigenvalue weighted by molar-refractivity contribution is 0.488. The van der Waals surface area contributed by atoms with Crippen LogP contribution in [0, 0.1) is 6.92 Å². The van der Waals surface area contributed by atoms with E-state index in [1.165, 1.54) is 3.97 Å². The minimum Gasteiger partial charge on any atom is -0.598 e. The highest BCUT2D eigenvalue weighted by atomic mass is 32.2. The van der Waals surface area contributed by atoms with Gasteiger partial charge in [0, 0.05) is 28.0 Å². The van der Waals surface area contributed by atoms with Crippen LogP contribution in [0.15, 0.2) is 53.4 Å². The van der Waals surface area contributed by atoms with Crippen molar-refractivity contribution in [3.8, 4) is 0 Å². The van der Waals surface area contributed by atoms with E-state index in [4.69, 9.17) is 0 Å². The summed E-state index contributed by atoms with van der Waals surface area (Å²) in [5.41, 5.74) is 3.46. The molecule has 4 rings (SSSR count). The maximum absolute atomic E-state index is 13.7. The van der Waals surface area contributed by atoms with Crippen LogP contribution in [0.3, 0.4) is 0 Å². The molecule has 1 aromatic heterocycles. The van der Waals surface area contributed by atoms with E-state index < -0.39 is 26.1 Å². The molecule has 5 nitrogen and oxygen atoms in total. The number of nitrogens with zero attached hydrogens (tertiary/aromatic N) is 1. The van der Waals surface area contributed by atoms with Crippen LogP contribution in [0.2, 0.25) is 0 Å². The Morgan fingerprint density at radius 2 is 1.77 bits per heavy atom. The monoisotopic (exact) mass is 444 g/mol. The lowest BCUT2D eigenvalue weighted by Gasteiger charge is -2.30. The molecule has 0 radical (unpaired) electrons. The predicted molar refractivity (Wildman–Crippen MR) is 122 cm³/mol. The van der Waals surface area contributed by atoms with Gasteiger partial charge >= 0.3 is 0 Å². The fraction of sp³-hybridized carbons (Fsp3) is 0.391. The Hall–Kier alpha value is -1.80. The van der Waals surface area contributed by atoms with Gasteiger partial charge in [0.2, 0.25) is 0 Å². The topological polar surface area (TPSA) is 74.2 Å². The van der Waals surface area contributed by atoms with E-state index in [1.807, 2.05) is 64.1 Å². The third-order valence-electron chi connectivity index (χ3n) is 5.59. The van der Waals surface area contributed by atoms with Gasteiger partial charge in [0.25, 0.3) is 10.0 Å². The Morgan fingerprint density at radius 1 is 1.10 bits per heavy atom. The van der Waals surface area contributed by atoms with Gasteiger partial charge in [0.05, 0.1) is 16.5 Å². The molecule has 0 unspecified atom stereocenters. The van der Waals surface area contributed by atoms with Crippen molar-refractivity contribution in [3.05, 3.63) is 65.4 Å². The maximum Gasteiger partial charge on any atom is 0.268 e. The number of aromatic nitrogens is 1. The quantitative estimate of drug-likeness (QED) is 0.596. The Kier molecular flexibility index (Phi) is 5.51. The van der Waals surface area contributed by atoms with Gasteiger partial charge in [-0.1, -0.05) is 35.9 Å². The summed E-state index contributed by atoms with van der Waals surface area (Å²) in [7, 11) is -3.75. The van der Waals surface area contributed by atoms with Crippen LogP contribution in [-0.4, -0.2) is 21.7 Å². The molecule has 0 spiro atoms. The average molecular weight is 445 g/mol. The molecule has 2 aromatic carbocycles. The molecule has 0 aliphatic heterocycles. The number of benzene rings is 2. The van der Waals surface area contributed by atoms with E-state index in [-0.39, 0.29) is 10.9 Å². The van der Waals surface area contributed by atoms with Crippen LogP contribution in [0.25, 0.3) is 10.9 Å². The summed E-state index contributed by atoms with van der Waals surface area (Å²) < 4.78 is 44.5. The Bertz CT molecular complexity index is 1180. The summed E-state index contributed by atoms with van der Waals surface area (Å²) in [5, 5.41) is 0.909. The van der Waals surface area contributed by atoms with Gasteiger partial charge in [-0.3, -0.25) is 0 Å². The highest BCUT2D eigenvalue weighted by molar-refractivity contribution is 7.91.